The first-order valence-corrected chi connectivity index (χ1v) is 7.48. The highest BCUT2D eigenvalue weighted by Crippen LogP contribution is 2.16. The predicted octanol–water partition coefficient (Wildman–Crippen LogP) is 1.23. The van der Waals surface area contributed by atoms with E-state index in [0.717, 1.165) is 26.1 Å². The molecule has 1 aromatic heterocycles. The van der Waals surface area contributed by atoms with Crippen molar-refractivity contribution in [2.75, 3.05) is 19.7 Å². The summed E-state index contributed by atoms with van der Waals surface area (Å²) >= 11 is 1.72. The second-order valence-corrected chi connectivity index (χ2v) is 5.89. The number of hydrogen-bond acceptors (Lipinski definition) is 5. The minimum absolute atomic E-state index is 0.172. The Morgan fingerprint density at radius 3 is 3.06 bits per heavy atom. The largest absolute Gasteiger partial charge is 0.374 e. The first-order chi connectivity index (χ1) is 8.70. The second-order valence-electron chi connectivity index (χ2n) is 5.11. The lowest BCUT2D eigenvalue weighted by molar-refractivity contribution is -0.0552. The normalized spacial score (nSPS) is 23.4. The molecule has 0 amide bonds. The summed E-state index contributed by atoms with van der Waals surface area (Å²) in [5.74, 6) is 5.70. The summed E-state index contributed by atoms with van der Waals surface area (Å²) in [7, 11) is 0. The molecule has 1 fully saturated rings. The maximum absolute atomic E-state index is 5.88. The molecule has 0 aromatic carbocycles. The molecule has 0 spiro atoms. The molecule has 4 nitrogen and oxygen atoms in total. The number of nitrogens with one attached hydrogen (secondary N) is 1. The first-order valence-electron chi connectivity index (χ1n) is 6.53. The molecule has 1 saturated heterocycles. The van der Waals surface area contributed by atoms with E-state index in [9.17, 15) is 0 Å². The minimum atomic E-state index is 0.172. The number of rotatable bonds is 5. The van der Waals surface area contributed by atoms with Gasteiger partial charge in [0.1, 0.15) is 0 Å². The fourth-order valence-corrected chi connectivity index (χ4v) is 3.05. The lowest BCUT2D eigenvalue weighted by atomic mass is 10.0. The van der Waals surface area contributed by atoms with Crippen molar-refractivity contribution in [1.29, 1.82) is 0 Å². The first kappa shape index (κ1) is 14.0. The molecule has 0 saturated carbocycles. The van der Waals surface area contributed by atoms with E-state index in [2.05, 4.69) is 41.0 Å². The van der Waals surface area contributed by atoms with E-state index in [0.29, 0.717) is 6.04 Å². The zero-order valence-corrected chi connectivity index (χ0v) is 12.0. The lowest BCUT2D eigenvalue weighted by Gasteiger charge is -2.38. The second kappa shape index (κ2) is 6.63. The topological polar surface area (TPSA) is 50.5 Å². The summed E-state index contributed by atoms with van der Waals surface area (Å²) < 4.78 is 5.88. The van der Waals surface area contributed by atoms with Crippen molar-refractivity contribution in [3.8, 4) is 0 Å². The van der Waals surface area contributed by atoms with Gasteiger partial charge in [-0.3, -0.25) is 16.2 Å². The molecule has 2 atom stereocenters. The molecule has 3 N–H and O–H groups in total. The Kier molecular flexibility index (Phi) is 5.14. The maximum atomic E-state index is 5.88. The van der Waals surface area contributed by atoms with Crippen molar-refractivity contribution in [1.82, 2.24) is 10.3 Å². The molecular weight excluding hydrogens is 246 g/mol. The van der Waals surface area contributed by atoms with Gasteiger partial charge in [-0.25, -0.2) is 0 Å². The van der Waals surface area contributed by atoms with Crippen LogP contribution in [0.3, 0.4) is 0 Å². The standard InChI is InChI=1S/C13H23N3OS/c1-10(2)16-4-5-17-13(8-16)12(15-14)7-11-3-6-18-9-11/h3,6,9-10,12-13,15H,4-5,7-8,14H2,1-2H3. The molecule has 102 valence electrons. The van der Waals surface area contributed by atoms with Crippen molar-refractivity contribution in [3.63, 3.8) is 0 Å². The van der Waals surface area contributed by atoms with Crippen LogP contribution in [-0.4, -0.2) is 42.8 Å². The Morgan fingerprint density at radius 1 is 1.61 bits per heavy atom. The van der Waals surface area contributed by atoms with Crippen LogP contribution in [0.15, 0.2) is 16.8 Å². The maximum Gasteiger partial charge on any atom is 0.0872 e. The van der Waals surface area contributed by atoms with Gasteiger partial charge in [0.15, 0.2) is 0 Å². The Morgan fingerprint density at radius 2 is 2.44 bits per heavy atom. The van der Waals surface area contributed by atoms with Crippen molar-refractivity contribution in [2.24, 2.45) is 5.84 Å². The van der Waals surface area contributed by atoms with E-state index < -0.39 is 0 Å². The van der Waals surface area contributed by atoms with Gasteiger partial charge in [-0.1, -0.05) is 0 Å². The SMILES string of the molecule is CC(C)N1CCOC(C(Cc2ccsc2)NN)C1. The minimum Gasteiger partial charge on any atom is -0.374 e. The highest BCUT2D eigenvalue weighted by Gasteiger charge is 2.28. The molecule has 2 unspecified atom stereocenters. The van der Waals surface area contributed by atoms with Crippen molar-refractivity contribution in [2.45, 2.75) is 38.5 Å². The molecule has 1 aliphatic rings. The van der Waals surface area contributed by atoms with Crippen LogP contribution in [0.2, 0.25) is 0 Å². The van der Waals surface area contributed by atoms with Gasteiger partial charge in [-0.15, -0.1) is 0 Å². The molecule has 18 heavy (non-hydrogen) atoms. The van der Waals surface area contributed by atoms with Crippen LogP contribution in [0.25, 0.3) is 0 Å². The molecular formula is C13H23N3OS. The van der Waals surface area contributed by atoms with Crippen LogP contribution in [0.1, 0.15) is 19.4 Å². The van der Waals surface area contributed by atoms with Gasteiger partial charge in [0.25, 0.3) is 0 Å². The van der Waals surface area contributed by atoms with Crippen LogP contribution in [0, 0.1) is 0 Å². The quantitative estimate of drug-likeness (QED) is 0.623. The zero-order valence-electron chi connectivity index (χ0n) is 11.1. The third kappa shape index (κ3) is 3.52. The van der Waals surface area contributed by atoms with Crippen molar-refractivity contribution < 1.29 is 4.74 Å². The summed E-state index contributed by atoms with van der Waals surface area (Å²) in [6, 6.07) is 2.90. The average molecular weight is 269 g/mol. The van der Waals surface area contributed by atoms with Gasteiger partial charge in [0, 0.05) is 19.1 Å². The van der Waals surface area contributed by atoms with Crippen molar-refractivity contribution in [3.05, 3.63) is 22.4 Å². The van der Waals surface area contributed by atoms with Gasteiger partial charge in [-0.2, -0.15) is 11.3 Å². The molecule has 0 radical (unpaired) electrons. The molecule has 0 aliphatic carbocycles. The fourth-order valence-electron chi connectivity index (χ4n) is 2.37. The van der Waals surface area contributed by atoms with Crippen LogP contribution >= 0.6 is 11.3 Å². The van der Waals surface area contributed by atoms with Crippen molar-refractivity contribution >= 4 is 11.3 Å². The number of ether oxygens (including phenoxy) is 1. The van der Waals surface area contributed by atoms with Gasteiger partial charge in [-0.05, 0) is 42.7 Å². The molecule has 0 bridgehead atoms. The third-order valence-electron chi connectivity index (χ3n) is 3.55. The summed E-state index contributed by atoms with van der Waals surface area (Å²) in [6.07, 6.45) is 1.10. The Balaban J connectivity index is 1.94. The predicted molar refractivity (Wildman–Crippen MR) is 75.6 cm³/mol. The number of morpholine rings is 1. The van der Waals surface area contributed by atoms with E-state index in [1.165, 1.54) is 5.56 Å². The smallest absolute Gasteiger partial charge is 0.0872 e. The van der Waals surface area contributed by atoms with Gasteiger partial charge in [0.05, 0.1) is 18.8 Å². The fraction of sp³-hybridized carbons (Fsp3) is 0.692. The Labute approximate surface area is 113 Å². The average Bonchev–Trinajstić information content (AvgIpc) is 2.89. The van der Waals surface area contributed by atoms with Gasteiger partial charge >= 0.3 is 0 Å². The lowest BCUT2D eigenvalue weighted by Crippen LogP contribution is -2.56. The summed E-state index contributed by atoms with van der Waals surface area (Å²) in [4.78, 5) is 2.45. The van der Waals surface area contributed by atoms with Crippen LogP contribution < -0.4 is 11.3 Å². The van der Waals surface area contributed by atoms with E-state index in [-0.39, 0.29) is 12.1 Å². The number of nitrogens with two attached hydrogens (primary N) is 1. The third-order valence-corrected chi connectivity index (χ3v) is 4.29. The molecule has 2 heterocycles. The Hall–Kier alpha value is -0.460. The van der Waals surface area contributed by atoms with Gasteiger partial charge in [0.2, 0.25) is 0 Å². The number of nitrogens with zero attached hydrogens (tertiary/aromatic N) is 1. The number of hydrogen-bond donors (Lipinski definition) is 2. The molecule has 1 aliphatic heterocycles. The van der Waals surface area contributed by atoms with E-state index in [1.807, 2.05) is 0 Å². The monoisotopic (exact) mass is 269 g/mol. The number of thiophene rings is 1. The number of hydrazine groups is 1. The van der Waals surface area contributed by atoms with E-state index in [4.69, 9.17) is 10.6 Å². The van der Waals surface area contributed by atoms with Gasteiger partial charge < -0.3 is 4.74 Å². The molecule has 2 rings (SSSR count). The zero-order chi connectivity index (χ0) is 13.0. The Bertz CT molecular complexity index is 342. The highest BCUT2D eigenvalue weighted by atomic mass is 32.1. The van der Waals surface area contributed by atoms with E-state index >= 15 is 0 Å². The van der Waals surface area contributed by atoms with E-state index in [1.54, 1.807) is 11.3 Å². The highest BCUT2D eigenvalue weighted by molar-refractivity contribution is 7.07. The molecule has 1 aromatic rings. The summed E-state index contributed by atoms with van der Waals surface area (Å²) in [5.41, 5.74) is 4.25. The van der Waals surface area contributed by atoms with Crippen LogP contribution in [0.4, 0.5) is 0 Å². The van der Waals surface area contributed by atoms with Crippen LogP contribution in [0.5, 0.6) is 0 Å². The summed E-state index contributed by atoms with van der Waals surface area (Å²) in [5, 5.41) is 4.28. The molecule has 5 heteroatoms. The van der Waals surface area contributed by atoms with Crippen LogP contribution in [-0.2, 0) is 11.2 Å². The summed E-state index contributed by atoms with van der Waals surface area (Å²) in [6.45, 7) is 7.23.